The lowest BCUT2D eigenvalue weighted by Gasteiger charge is -2.11. The number of benzene rings is 1. The first-order valence-corrected chi connectivity index (χ1v) is 6.34. The molecule has 110 valence electrons. The first-order valence-electron chi connectivity index (χ1n) is 5.24. The summed E-state index contributed by atoms with van der Waals surface area (Å²) >= 11 is -2.33. The Balaban J connectivity index is 2.90. The highest BCUT2D eigenvalue weighted by Crippen LogP contribution is 2.29. The zero-order chi connectivity index (χ0) is 15.1. The van der Waals surface area contributed by atoms with Crippen LogP contribution in [0.15, 0.2) is 23.2 Å². The van der Waals surface area contributed by atoms with Crippen LogP contribution in [-0.4, -0.2) is 34.3 Å². The van der Waals surface area contributed by atoms with Gasteiger partial charge in [-0.3, -0.25) is 9.27 Å². The second kappa shape index (κ2) is 7.31. The van der Waals surface area contributed by atoms with Crippen molar-refractivity contribution in [3.8, 4) is 11.5 Å². The summed E-state index contributed by atoms with van der Waals surface area (Å²) in [6, 6.07) is 4.33. The number of rotatable bonds is 6. The molecule has 1 unspecified atom stereocenters. The molecule has 0 fully saturated rings. The van der Waals surface area contributed by atoms with Gasteiger partial charge in [-0.05, 0) is 12.1 Å². The molecule has 10 heteroatoms. The number of carbonyl (C=O) groups excluding carboxylic acids is 1. The van der Waals surface area contributed by atoms with E-state index >= 15 is 0 Å². The van der Waals surface area contributed by atoms with Gasteiger partial charge in [0.1, 0.15) is 12.3 Å². The fourth-order valence-corrected chi connectivity index (χ4v) is 1.56. The van der Waals surface area contributed by atoms with Crippen LogP contribution in [0.2, 0.25) is 0 Å². The molecule has 0 saturated heterocycles. The summed E-state index contributed by atoms with van der Waals surface area (Å²) in [6.45, 7) is -0.365. The van der Waals surface area contributed by atoms with E-state index in [0.717, 1.165) is 0 Å². The highest BCUT2D eigenvalue weighted by Gasteiger charge is 2.11. The topological polar surface area (TPSA) is 149 Å². The lowest BCUT2D eigenvalue weighted by Crippen LogP contribution is -2.25. The van der Waals surface area contributed by atoms with Gasteiger partial charge >= 0.3 is 5.97 Å². The van der Waals surface area contributed by atoms with Crippen molar-refractivity contribution in [2.45, 2.75) is 0 Å². The molecule has 6 N–H and O–H groups in total. The number of anilines is 1. The average Bonchev–Trinajstić information content (AvgIpc) is 2.37. The molecule has 0 aliphatic carbocycles. The van der Waals surface area contributed by atoms with Gasteiger partial charge in [0.25, 0.3) is 11.3 Å². The summed E-state index contributed by atoms with van der Waals surface area (Å²) in [5.41, 5.74) is 10.3. The summed E-state index contributed by atoms with van der Waals surface area (Å²) in [6.07, 6.45) is 0. The summed E-state index contributed by atoms with van der Waals surface area (Å²) < 4.78 is 31.8. The van der Waals surface area contributed by atoms with Crippen molar-refractivity contribution >= 4 is 28.9 Å². The number of nitrogens with two attached hydrogens (primary N) is 2. The standard InChI is InChI=1S/C10H14N4O5S/c1-18-6-2-3-8(7(4-6)14-20(16)17)19-9(15)5-13-10(11)12/h2-4,14H,5H2,1H3,(H,16,17)(H4,11,12,13). The minimum absolute atomic E-state index is 0.0454. The van der Waals surface area contributed by atoms with Gasteiger partial charge in [-0.1, -0.05) is 0 Å². The maximum absolute atomic E-state index is 11.5. The molecule has 9 nitrogen and oxygen atoms in total. The van der Waals surface area contributed by atoms with Gasteiger partial charge in [0.15, 0.2) is 11.7 Å². The van der Waals surface area contributed by atoms with Crippen LogP contribution in [0, 0.1) is 0 Å². The first-order chi connectivity index (χ1) is 9.42. The number of hydrogen-bond donors (Lipinski definition) is 4. The van der Waals surface area contributed by atoms with Gasteiger partial charge in [0.2, 0.25) is 0 Å². The average molecular weight is 302 g/mol. The van der Waals surface area contributed by atoms with Gasteiger partial charge in [-0.25, -0.2) is 14.0 Å². The molecule has 0 amide bonds. The SMILES string of the molecule is COc1ccc(OC(=O)CN=C(N)N)c(NS(=O)O)c1. The van der Waals surface area contributed by atoms with Crippen LogP contribution in [0.3, 0.4) is 0 Å². The predicted octanol–water partition coefficient (Wildman–Crippen LogP) is -0.577. The van der Waals surface area contributed by atoms with Crippen LogP contribution in [0.25, 0.3) is 0 Å². The minimum atomic E-state index is -2.33. The molecule has 1 atom stereocenters. The van der Waals surface area contributed by atoms with E-state index < -0.39 is 17.2 Å². The van der Waals surface area contributed by atoms with Crippen molar-refractivity contribution in [3.05, 3.63) is 18.2 Å². The normalized spacial score (nSPS) is 11.3. The predicted molar refractivity (Wildman–Crippen MR) is 73.7 cm³/mol. The largest absolute Gasteiger partial charge is 0.497 e. The Bertz CT molecular complexity index is 544. The summed E-state index contributed by atoms with van der Waals surface area (Å²) in [5.74, 6) is -0.507. The van der Waals surface area contributed by atoms with E-state index in [4.69, 9.17) is 25.5 Å². The Morgan fingerprint density at radius 3 is 2.75 bits per heavy atom. The quantitative estimate of drug-likeness (QED) is 0.180. The zero-order valence-corrected chi connectivity index (χ0v) is 11.3. The number of ether oxygens (including phenoxy) is 2. The Kier molecular flexibility index (Phi) is 5.74. The van der Waals surface area contributed by atoms with Crippen molar-refractivity contribution in [2.24, 2.45) is 16.5 Å². The van der Waals surface area contributed by atoms with Crippen LogP contribution in [-0.2, 0) is 16.1 Å². The third kappa shape index (κ3) is 5.12. The summed E-state index contributed by atoms with van der Waals surface area (Å²) in [7, 11) is 1.43. The minimum Gasteiger partial charge on any atom is -0.497 e. The number of carbonyl (C=O) groups is 1. The monoisotopic (exact) mass is 302 g/mol. The highest BCUT2D eigenvalue weighted by molar-refractivity contribution is 7.80. The molecule has 0 aromatic heterocycles. The number of esters is 1. The third-order valence-corrected chi connectivity index (χ3v) is 2.39. The van der Waals surface area contributed by atoms with Crippen LogP contribution in [0.5, 0.6) is 11.5 Å². The summed E-state index contributed by atoms with van der Waals surface area (Å²) in [5, 5.41) is 0. The molecule has 0 bridgehead atoms. The van der Waals surface area contributed by atoms with Crippen LogP contribution in [0.4, 0.5) is 5.69 Å². The Labute approximate surface area is 117 Å². The van der Waals surface area contributed by atoms with Crippen LogP contribution in [0.1, 0.15) is 0 Å². The van der Waals surface area contributed by atoms with E-state index in [0.29, 0.717) is 5.75 Å². The molecule has 0 aliphatic rings. The number of methoxy groups -OCH3 is 1. The maximum atomic E-state index is 11.5. The van der Waals surface area contributed by atoms with Crippen molar-refractivity contribution in [2.75, 3.05) is 18.4 Å². The molecule has 1 aromatic rings. The van der Waals surface area contributed by atoms with E-state index in [1.165, 1.54) is 25.3 Å². The van der Waals surface area contributed by atoms with E-state index in [2.05, 4.69) is 9.71 Å². The van der Waals surface area contributed by atoms with Crippen LogP contribution < -0.4 is 25.7 Å². The van der Waals surface area contributed by atoms with Gasteiger partial charge in [0.05, 0.1) is 12.8 Å². The summed E-state index contributed by atoms with van der Waals surface area (Å²) in [4.78, 5) is 15.0. The lowest BCUT2D eigenvalue weighted by molar-refractivity contribution is -0.132. The molecular formula is C10H14N4O5S. The molecule has 20 heavy (non-hydrogen) atoms. The second-order valence-corrected chi connectivity index (χ2v) is 4.13. The van der Waals surface area contributed by atoms with Crippen molar-refractivity contribution in [3.63, 3.8) is 0 Å². The second-order valence-electron chi connectivity index (χ2n) is 3.43. The molecule has 0 saturated carbocycles. The molecule has 0 spiro atoms. The van der Waals surface area contributed by atoms with Gasteiger partial charge < -0.3 is 20.9 Å². The number of hydrogen-bond acceptors (Lipinski definition) is 5. The molecular weight excluding hydrogens is 288 g/mol. The van der Waals surface area contributed by atoms with E-state index in [1.54, 1.807) is 0 Å². The Hall–Kier alpha value is -2.33. The molecule has 0 aliphatic heterocycles. The number of nitrogens with one attached hydrogen (secondary N) is 1. The highest BCUT2D eigenvalue weighted by atomic mass is 32.2. The lowest BCUT2D eigenvalue weighted by atomic mass is 10.3. The van der Waals surface area contributed by atoms with Crippen molar-refractivity contribution in [1.29, 1.82) is 0 Å². The number of guanidine groups is 1. The zero-order valence-electron chi connectivity index (χ0n) is 10.5. The van der Waals surface area contributed by atoms with Gasteiger partial charge in [-0.2, -0.15) is 0 Å². The Morgan fingerprint density at radius 1 is 1.50 bits per heavy atom. The van der Waals surface area contributed by atoms with Crippen molar-refractivity contribution in [1.82, 2.24) is 0 Å². The fraction of sp³-hybridized carbons (Fsp3) is 0.200. The first kappa shape index (κ1) is 15.7. The van der Waals surface area contributed by atoms with Crippen molar-refractivity contribution < 1.29 is 23.0 Å². The fourth-order valence-electron chi connectivity index (χ4n) is 1.21. The molecule has 0 heterocycles. The molecule has 1 rings (SSSR count). The van der Waals surface area contributed by atoms with Crippen LogP contribution >= 0.6 is 0 Å². The van der Waals surface area contributed by atoms with E-state index in [-0.39, 0.29) is 23.9 Å². The smallest absolute Gasteiger partial charge is 0.333 e. The number of aliphatic imine (C=N–C) groups is 1. The number of nitrogens with zero attached hydrogens (tertiary/aromatic N) is 1. The Morgan fingerprint density at radius 2 is 2.20 bits per heavy atom. The van der Waals surface area contributed by atoms with E-state index in [9.17, 15) is 9.00 Å². The van der Waals surface area contributed by atoms with E-state index in [1.807, 2.05) is 0 Å². The van der Waals surface area contributed by atoms with Gasteiger partial charge in [-0.15, -0.1) is 0 Å². The maximum Gasteiger partial charge on any atom is 0.333 e. The molecule has 0 radical (unpaired) electrons. The third-order valence-electron chi connectivity index (χ3n) is 2.00. The van der Waals surface area contributed by atoms with Gasteiger partial charge in [0, 0.05) is 6.07 Å². The molecule has 1 aromatic carbocycles.